The summed E-state index contributed by atoms with van der Waals surface area (Å²) in [5.41, 5.74) is 0. The van der Waals surface area contributed by atoms with Gasteiger partial charge in [-0.3, -0.25) is 0 Å². The molecule has 0 heterocycles. The topological polar surface area (TPSA) is 40.5 Å². The van der Waals surface area contributed by atoms with E-state index in [9.17, 15) is 0 Å². The van der Waals surface area contributed by atoms with Crippen LogP contribution in [0, 0.1) is 5.92 Å². The average Bonchev–Trinajstić information content (AvgIpc) is 1.99. The minimum absolute atomic E-state index is 0.307. The summed E-state index contributed by atoms with van der Waals surface area (Å²) in [6, 6.07) is 0. The molecule has 68 valence electrons. The molecule has 0 rings (SSSR count). The quantitative estimate of drug-likeness (QED) is 0.555. The van der Waals surface area contributed by atoms with E-state index in [1.807, 2.05) is 0 Å². The van der Waals surface area contributed by atoms with Crippen molar-refractivity contribution in [2.75, 3.05) is 13.2 Å². The van der Waals surface area contributed by atoms with Crippen molar-refractivity contribution in [2.24, 2.45) is 5.92 Å². The molecule has 0 radical (unpaired) electrons. The first-order valence-electron chi connectivity index (χ1n) is 4.53. The molecule has 0 aromatic rings. The fraction of sp³-hybridized carbons (Fsp3) is 1.00. The molecule has 1 unspecified atom stereocenters. The van der Waals surface area contributed by atoms with Crippen LogP contribution in [-0.2, 0) is 0 Å². The zero-order chi connectivity index (χ0) is 8.53. The first-order valence-corrected chi connectivity index (χ1v) is 4.53. The van der Waals surface area contributed by atoms with Gasteiger partial charge in [0.05, 0.1) is 0 Å². The lowest BCUT2D eigenvalue weighted by molar-refractivity contribution is 0.252. The molecule has 0 fully saturated rings. The molecular weight excluding hydrogens is 140 g/mol. The number of aliphatic hydroxyl groups is 2. The van der Waals surface area contributed by atoms with Gasteiger partial charge in [-0.05, 0) is 18.8 Å². The molecule has 2 N–H and O–H groups in total. The second-order valence-electron chi connectivity index (χ2n) is 3.19. The molecule has 0 aliphatic rings. The van der Waals surface area contributed by atoms with Crippen LogP contribution in [0.15, 0.2) is 0 Å². The second kappa shape index (κ2) is 8.02. The molecule has 0 bridgehead atoms. The van der Waals surface area contributed by atoms with E-state index in [1.54, 1.807) is 0 Å². The highest BCUT2D eigenvalue weighted by atomic mass is 16.3. The number of hydrogen-bond donors (Lipinski definition) is 2. The van der Waals surface area contributed by atoms with Gasteiger partial charge in [0.25, 0.3) is 0 Å². The molecule has 0 saturated heterocycles. The Morgan fingerprint density at radius 2 is 1.64 bits per heavy atom. The van der Waals surface area contributed by atoms with E-state index < -0.39 is 0 Å². The van der Waals surface area contributed by atoms with Gasteiger partial charge in [-0.2, -0.15) is 0 Å². The molecule has 0 aliphatic heterocycles. The van der Waals surface area contributed by atoms with E-state index in [-0.39, 0.29) is 0 Å². The smallest absolute Gasteiger partial charge is 0.0433 e. The molecular formula is C9H20O2. The maximum absolute atomic E-state index is 8.60. The molecule has 2 heteroatoms. The monoisotopic (exact) mass is 160 g/mol. The van der Waals surface area contributed by atoms with Crippen LogP contribution in [0.25, 0.3) is 0 Å². The van der Waals surface area contributed by atoms with Crippen LogP contribution in [0.3, 0.4) is 0 Å². The number of rotatable bonds is 7. The SMILES string of the molecule is CC(CCO)CCCCCO. The second-order valence-corrected chi connectivity index (χ2v) is 3.19. The van der Waals surface area contributed by atoms with Crippen LogP contribution in [0.4, 0.5) is 0 Å². The summed E-state index contributed by atoms with van der Waals surface area (Å²) < 4.78 is 0. The van der Waals surface area contributed by atoms with Crippen LogP contribution in [-0.4, -0.2) is 23.4 Å². The zero-order valence-corrected chi connectivity index (χ0v) is 7.42. The lowest BCUT2D eigenvalue weighted by Crippen LogP contribution is -1.98. The first-order chi connectivity index (χ1) is 5.31. The molecule has 0 amide bonds. The Kier molecular flexibility index (Phi) is 7.96. The highest BCUT2D eigenvalue weighted by Gasteiger charge is 1.99. The predicted octanol–water partition coefficient (Wildman–Crippen LogP) is 1.56. The van der Waals surface area contributed by atoms with Gasteiger partial charge in [-0.25, -0.2) is 0 Å². The molecule has 0 aliphatic carbocycles. The summed E-state index contributed by atoms with van der Waals surface area (Å²) in [7, 11) is 0. The largest absolute Gasteiger partial charge is 0.396 e. The lowest BCUT2D eigenvalue weighted by Gasteiger charge is -2.07. The predicted molar refractivity (Wildman–Crippen MR) is 46.4 cm³/mol. The van der Waals surface area contributed by atoms with Gasteiger partial charge in [-0.1, -0.05) is 26.2 Å². The number of unbranched alkanes of at least 4 members (excludes halogenated alkanes) is 2. The molecule has 0 aromatic carbocycles. The maximum Gasteiger partial charge on any atom is 0.0433 e. The lowest BCUT2D eigenvalue weighted by atomic mass is 10.0. The van der Waals surface area contributed by atoms with Crippen molar-refractivity contribution in [3.05, 3.63) is 0 Å². The van der Waals surface area contributed by atoms with Gasteiger partial charge in [0, 0.05) is 13.2 Å². The van der Waals surface area contributed by atoms with Gasteiger partial charge < -0.3 is 10.2 Å². The van der Waals surface area contributed by atoms with Crippen LogP contribution in [0.2, 0.25) is 0 Å². The molecule has 0 spiro atoms. The third-order valence-electron chi connectivity index (χ3n) is 1.98. The molecule has 0 aromatic heterocycles. The Labute approximate surface area is 69.2 Å². The van der Waals surface area contributed by atoms with E-state index in [0.717, 1.165) is 19.3 Å². The first kappa shape index (κ1) is 10.9. The van der Waals surface area contributed by atoms with Crippen molar-refractivity contribution in [2.45, 2.75) is 39.0 Å². The van der Waals surface area contributed by atoms with Crippen molar-refractivity contribution in [1.29, 1.82) is 0 Å². The molecule has 1 atom stereocenters. The van der Waals surface area contributed by atoms with E-state index in [1.165, 1.54) is 12.8 Å². The minimum Gasteiger partial charge on any atom is -0.396 e. The summed E-state index contributed by atoms with van der Waals surface area (Å²) >= 11 is 0. The number of aliphatic hydroxyl groups excluding tert-OH is 2. The Balaban J connectivity index is 2.97. The number of hydrogen-bond acceptors (Lipinski definition) is 2. The Hall–Kier alpha value is -0.0800. The van der Waals surface area contributed by atoms with Crippen LogP contribution < -0.4 is 0 Å². The fourth-order valence-electron chi connectivity index (χ4n) is 1.15. The van der Waals surface area contributed by atoms with Gasteiger partial charge >= 0.3 is 0 Å². The maximum atomic E-state index is 8.60. The van der Waals surface area contributed by atoms with E-state index in [0.29, 0.717) is 19.1 Å². The van der Waals surface area contributed by atoms with Crippen molar-refractivity contribution in [1.82, 2.24) is 0 Å². The normalized spacial score (nSPS) is 13.4. The van der Waals surface area contributed by atoms with E-state index >= 15 is 0 Å². The van der Waals surface area contributed by atoms with Gasteiger partial charge in [0.1, 0.15) is 0 Å². The fourth-order valence-corrected chi connectivity index (χ4v) is 1.15. The summed E-state index contributed by atoms with van der Waals surface area (Å²) in [6.45, 7) is 2.78. The summed E-state index contributed by atoms with van der Waals surface area (Å²) in [6.07, 6.45) is 5.32. The summed E-state index contributed by atoms with van der Waals surface area (Å²) in [5, 5.41) is 17.1. The van der Waals surface area contributed by atoms with Crippen molar-refractivity contribution in [3.63, 3.8) is 0 Å². The highest BCUT2D eigenvalue weighted by molar-refractivity contribution is 4.52. The zero-order valence-electron chi connectivity index (χ0n) is 7.42. The average molecular weight is 160 g/mol. The molecule has 11 heavy (non-hydrogen) atoms. The molecule has 2 nitrogen and oxygen atoms in total. The third kappa shape index (κ3) is 7.82. The van der Waals surface area contributed by atoms with Gasteiger partial charge in [0.2, 0.25) is 0 Å². The van der Waals surface area contributed by atoms with Crippen LogP contribution in [0.5, 0.6) is 0 Å². The summed E-state index contributed by atoms with van der Waals surface area (Å²) in [5.74, 6) is 0.638. The van der Waals surface area contributed by atoms with Crippen molar-refractivity contribution >= 4 is 0 Å². The van der Waals surface area contributed by atoms with E-state index in [2.05, 4.69) is 6.92 Å². The Morgan fingerprint density at radius 3 is 2.18 bits per heavy atom. The molecule has 0 saturated carbocycles. The minimum atomic E-state index is 0.307. The van der Waals surface area contributed by atoms with Crippen molar-refractivity contribution < 1.29 is 10.2 Å². The third-order valence-corrected chi connectivity index (χ3v) is 1.98. The van der Waals surface area contributed by atoms with Crippen LogP contribution in [0.1, 0.15) is 39.0 Å². The Morgan fingerprint density at radius 1 is 0.909 bits per heavy atom. The Bertz CT molecular complexity index is 74.0. The van der Waals surface area contributed by atoms with E-state index in [4.69, 9.17) is 10.2 Å². The standard InChI is InChI=1S/C9H20O2/c1-9(6-8-11)5-3-2-4-7-10/h9-11H,2-8H2,1H3. The highest BCUT2D eigenvalue weighted by Crippen LogP contribution is 2.11. The van der Waals surface area contributed by atoms with Crippen LogP contribution >= 0.6 is 0 Å². The van der Waals surface area contributed by atoms with Gasteiger partial charge in [0.15, 0.2) is 0 Å². The summed E-state index contributed by atoms with van der Waals surface area (Å²) in [4.78, 5) is 0. The van der Waals surface area contributed by atoms with Gasteiger partial charge in [-0.15, -0.1) is 0 Å². The van der Waals surface area contributed by atoms with Crippen molar-refractivity contribution in [3.8, 4) is 0 Å².